The first-order valence-electron chi connectivity index (χ1n) is 6.72. The number of rotatable bonds is 4. The highest BCUT2D eigenvalue weighted by Gasteiger charge is 2.17. The average molecular weight is 380 g/mol. The van der Waals surface area contributed by atoms with Crippen LogP contribution < -0.4 is 5.32 Å². The van der Waals surface area contributed by atoms with Crippen molar-refractivity contribution < 1.29 is 9.72 Å². The number of benzene rings is 1. The van der Waals surface area contributed by atoms with E-state index in [1.165, 1.54) is 34.8 Å². The van der Waals surface area contributed by atoms with Crippen LogP contribution in [-0.2, 0) is 0 Å². The molecule has 1 amide bonds. The number of thiophene rings is 1. The number of hydrogen-bond acceptors (Lipinski definition) is 6. The fourth-order valence-electron chi connectivity index (χ4n) is 2.06. The fourth-order valence-corrected chi connectivity index (χ4v) is 3.98. The molecule has 0 saturated carbocycles. The van der Waals surface area contributed by atoms with Crippen molar-refractivity contribution in [1.82, 2.24) is 4.98 Å². The number of amides is 1. The van der Waals surface area contributed by atoms with Gasteiger partial charge < -0.3 is 5.32 Å². The van der Waals surface area contributed by atoms with Gasteiger partial charge in [-0.05, 0) is 25.1 Å². The van der Waals surface area contributed by atoms with Crippen LogP contribution in [0, 0.1) is 17.0 Å². The number of nitrogens with one attached hydrogen (secondary N) is 1. The summed E-state index contributed by atoms with van der Waals surface area (Å²) in [4.78, 5) is 28.0. The van der Waals surface area contributed by atoms with E-state index in [2.05, 4.69) is 10.3 Å². The predicted molar refractivity (Wildman–Crippen MR) is 96.2 cm³/mol. The van der Waals surface area contributed by atoms with Gasteiger partial charge in [-0.15, -0.1) is 22.7 Å². The number of nitro groups is 1. The van der Waals surface area contributed by atoms with Crippen molar-refractivity contribution in [2.75, 3.05) is 5.32 Å². The first-order valence-corrected chi connectivity index (χ1v) is 8.79. The van der Waals surface area contributed by atoms with Crippen LogP contribution in [0.2, 0.25) is 4.34 Å². The van der Waals surface area contributed by atoms with Gasteiger partial charge >= 0.3 is 0 Å². The van der Waals surface area contributed by atoms with E-state index in [4.69, 9.17) is 11.6 Å². The molecular formula is C15H10ClN3O3S2. The Hall–Kier alpha value is -2.29. The molecule has 0 spiro atoms. The highest BCUT2D eigenvalue weighted by molar-refractivity contribution is 7.23. The molecule has 0 fully saturated rings. The maximum Gasteiger partial charge on any atom is 0.275 e. The number of carbonyl (C=O) groups excluding carboxylic acids is 1. The molecule has 6 nitrogen and oxygen atoms in total. The van der Waals surface area contributed by atoms with Gasteiger partial charge in [0.2, 0.25) is 0 Å². The topological polar surface area (TPSA) is 85.1 Å². The lowest BCUT2D eigenvalue weighted by molar-refractivity contribution is -0.385. The second-order valence-corrected chi connectivity index (χ2v) is 7.38. The number of anilines is 1. The normalized spacial score (nSPS) is 10.6. The van der Waals surface area contributed by atoms with E-state index in [1.54, 1.807) is 24.4 Å². The number of aromatic nitrogens is 1. The van der Waals surface area contributed by atoms with Gasteiger partial charge in [0.05, 0.1) is 25.4 Å². The molecule has 0 atom stereocenters. The maximum atomic E-state index is 12.3. The van der Waals surface area contributed by atoms with Crippen molar-refractivity contribution in [2.24, 2.45) is 0 Å². The van der Waals surface area contributed by atoms with E-state index in [1.807, 2.05) is 6.07 Å². The third-order valence-corrected chi connectivity index (χ3v) is 5.51. The Labute approximate surface area is 149 Å². The van der Waals surface area contributed by atoms with Crippen LogP contribution in [0.4, 0.5) is 11.4 Å². The van der Waals surface area contributed by atoms with Gasteiger partial charge in [0.1, 0.15) is 10.7 Å². The van der Waals surface area contributed by atoms with Crippen molar-refractivity contribution in [3.63, 3.8) is 0 Å². The molecule has 9 heteroatoms. The molecule has 2 aromatic heterocycles. The van der Waals surface area contributed by atoms with Crippen LogP contribution in [-0.4, -0.2) is 15.8 Å². The summed E-state index contributed by atoms with van der Waals surface area (Å²) in [5, 5.41) is 16.0. The summed E-state index contributed by atoms with van der Waals surface area (Å²) in [5.41, 5.74) is 1.00. The quantitative estimate of drug-likeness (QED) is 0.511. The van der Waals surface area contributed by atoms with Crippen LogP contribution in [0.1, 0.15) is 16.1 Å². The summed E-state index contributed by atoms with van der Waals surface area (Å²) in [6.07, 6.45) is 0. The van der Waals surface area contributed by atoms with E-state index in [-0.39, 0.29) is 11.4 Å². The van der Waals surface area contributed by atoms with Crippen molar-refractivity contribution in [3.8, 4) is 9.88 Å². The molecule has 0 aliphatic heterocycles. The highest BCUT2D eigenvalue weighted by atomic mass is 35.5. The molecular weight excluding hydrogens is 370 g/mol. The van der Waals surface area contributed by atoms with Gasteiger partial charge in [0, 0.05) is 11.4 Å². The number of nitrogens with zero attached hydrogens (tertiary/aromatic N) is 2. The summed E-state index contributed by atoms with van der Waals surface area (Å²) in [7, 11) is 0. The number of nitro benzene ring substituents is 1. The van der Waals surface area contributed by atoms with Crippen LogP contribution in [0.25, 0.3) is 9.88 Å². The molecule has 0 aliphatic rings. The Morgan fingerprint density at radius 3 is 2.79 bits per heavy atom. The summed E-state index contributed by atoms with van der Waals surface area (Å²) in [6, 6.07) is 8.16. The molecule has 3 aromatic rings. The fraction of sp³-hybridized carbons (Fsp3) is 0.0667. The lowest BCUT2D eigenvalue weighted by Crippen LogP contribution is -2.13. The minimum Gasteiger partial charge on any atom is -0.320 e. The monoisotopic (exact) mass is 379 g/mol. The van der Waals surface area contributed by atoms with Crippen molar-refractivity contribution in [2.45, 2.75) is 6.92 Å². The predicted octanol–water partition coefficient (Wildman–Crippen LogP) is 4.99. The summed E-state index contributed by atoms with van der Waals surface area (Å²) in [6.45, 7) is 1.59. The molecule has 0 saturated heterocycles. The lowest BCUT2D eigenvalue weighted by atomic mass is 10.1. The number of thiazole rings is 1. The Morgan fingerprint density at radius 1 is 1.33 bits per heavy atom. The Bertz CT molecular complexity index is 936. The molecule has 3 rings (SSSR count). The second kappa shape index (κ2) is 6.68. The largest absolute Gasteiger partial charge is 0.320 e. The van der Waals surface area contributed by atoms with Crippen molar-refractivity contribution in [1.29, 1.82) is 0 Å². The van der Waals surface area contributed by atoms with Crippen LogP contribution in [0.5, 0.6) is 0 Å². The third-order valence-electron chi connectivity index (χ3n) is 3.27. The van der Waals surface area contributed by atoms with E-state index >= 15 is 0 Å². The molecule has 0 unspecified atom stereocenters. The van der Waals surface area contributed by atoms with Gasteiger partial charge in [-0.25, -0.2) is 4.98 Å². The first-order chi connectivity index (χ1) is 11.5. The highest BCUT2D eigenvalue weighted by Crippen LogP contribution is 2.33. The molecule has 1 aromatic carbocycles. The van der Waals surface area contributed by atoms with E-state index < -0.39 is 10.8 Å². The lowest BCUT2D eigenvalue weighted by Gasteiger charge is -2.07. The first kappa shape index (κ1) is 16.6. The van der Waals surface area contributed by atoms with E-state index in [0.29, 0.717) is 20.6 Å². The minimum absolute atomic E-state index is 0.0417. The third kappa shape index (κ3) is 3.30. The molecule has 24 heavy (non-hydrogen) atoms. The standard InChI is InChI=1S/C15H10ClN3O3S2/c1-8-9(3-2-4-11(8)19(21)22)17-14(20)10-7-23-15(18-10)12-5-6-13(16)24-12/h2-7H,1H3,(H,17,20). The SMILES string of the molecule is Cc1c(NC(=O)c2csc(-c3ccc(Cl)s3)n2)cccc1[N+](=O)[O-]. The molecule has 1 N–H and O–H groups in total. The van der Waals surface area contributed by atoms with Gasteiger partial charge in [-0.2, -0.15) is 0 Å². The summed E-state index contributed by atoms with van der Waals surface area (Å²) >= 11 is 8.63. The van der Waals surface area contributed by atoms with Gasteiger partial charge in [-0.1, -0.05) is 17.7 Å². The zero-order valence-corrected chi connectivity index (χ0v) is 14.7. The molecule has 2 heterocycles. The van der Waals surface area contributed by atoms with E-state index in [9.17, 15) is 14.9 Å². The Kier molecular flexibility index (Phi) is 4.61. The zero-order valence-electron chi connectivity index (χ0n) is 12.3. The van der Waals surface area contributed by atoms with Crippen LogP contribution >= 0.6 is 34.3 Å². The zero-order chi connectivity index (χ0) is 17.3. The average Bonchev–Trinajstić information content (AvgIpc) is 3.17. The molecule has 122 valence electrons. The van der Waals surface area contributed by atoms with Crippen LogP contribution in [0.15, 0.2) is 35.7 Å². The summed E-state index contributed by atoms with van der Waals surface area (Å²) in [5.74, 6) is -0.413. The van der Waals surface area contributed by atoms with Gasteiger partial charge in [0.15, 0.2) is 0 Å². The minimum atomic E-state index is -0.480. The van der Waals surface area contributed by atoms with Crippen LogP contribution in [0.3, 0.4) is 0 Å². The molecule has 0 bridgehead atoms. The number of hydrogen-bond donors (Lipinski definition) is 1. The maximum absolute atomic E-state index is 12.3. The molecule has 0 aliphatic carbocycles. The van der Waals surface area contributed by atoms with Gasteiger partial charge in [-0.3, -0.25) is 14.9 Å². The smallest absolute Gasteiger partial charge is 0.275 e. The van der Waals surface area contributed by atoms with Crippen molar-refractivity contribution in [3.05, 3.63) is 61.4 Å². The second-order valence-electron chi connectivity index (χ2n) is 4.80. The summed E-state index contributed by atoms with van der Waals surface area (Å²) < 4.78 is 0.651. The molecule has 0 radical (unpaired) electrons. The van der Waals surface area contributed by atoms with E-state index in [0.717, 1.165) is 4.88 Å². The Morgan fingerprint density at radius 2 is 2.12 bits per heavy atom. The Balaban J connectivity index is 1.82. The van der Waals surface area contributed by atoms with Gasteiger partial charge in [0.25, 0.3) is 11.6 Å². The van der Waals surface area contributed by atoms with Crippen molar-refractivity contribution >= 4 is 51.6 Å². The number of carbonyl (C=O) groups is 1. The number of halogens is 1.